The first-order valence-electron chi connectivity index (χ1n) is 8.17. The Labute approximate surface area is 151 Å². The van der Waals surface area contributed by atoms with Crippen molar-refractivity contribution in [3.05, 3.63) is 30.1 Å². The molecular formula is C16H22FN3O5S. The van der Waals surface area contributed by atoms with Crippen LogP contribution < -0.4 is 10.6 Å². The lowest BCUT2D eigenvalue weighted by molar-refractivity contribution is -0.139. The van der Waals surface area contributed by atoms with Crippen LogP contribution in [0.5, 0.6) is 0 Å². The number of rotatable bonds is 6. The number of amides is 2. The standard InChI is InChI=1S/C16H22FN3O5S/c1-11(2)9-18-15(21)16(22)19-10-14-20(7-8-25-14)26(23,24)13-5-3-12(17)4-6-13/h3-6,11,14H,7-10H2,1-2H3,(H,18,21)(H,19,22)/t14-/m0/s1. The number of carbonyl (C=O) groups is 2. The summed E-state index contributed by atoms with van der Waals surface area (Å²) in [7, 11) is -3.90. The second kappa shape index (κ2) is 8.56. The zero-order chi connectivity index (χ0) is 19.3. The molecule has 0 spiro atoms. The molecule has 1 fully saturated rings. The van der Waals surface area contributed by atoms with Gasteiger partial charge in [0.05, 0.1) is 18.0 Å². The van der Waals surface area contributed by atoms with Crippen LogP contribution in [0.25, 0.3) is 0 Å². The SMILES string of the molecule is CC(C)CNC(=O)C(=O)NC[C@@H]1OCCN1S(=O)(=O)c1ccc(F)cc1. The van der Waals surface area contributed by atoms with Crippen molar-refractivity contribution in [3.63, 3.8) is 0 Å². The number of carbonyl (C=O) groups excluding carboxylic acids is 2. The Hall–Kier alpha value is -2.04. The van der Waals surface area contributed by atoms with E-state index in [9.17, 15) is 22.4 Å². The molecule has 8 nitrogen and oxygen atoms in total. The summed E-state index contributed by atoms with van der Waals surface area (Å²) in [6, 6.07) is 4.44. The number of benzene rings is 1. The first-order valence-corrected chi connectivity index (χ1v) is 9.61. The van der Waals surface area contributed by atoms with Gasteiger partial charge >= 0.3 is 11.8 Å². The Morgan fingerprint density at radius 3 is 2.46 bits per heavy atom. The van der Waals surface area contributed by atoms with Crippen LogP contribution in [0.2, 0.25) is 0 Å². The predicted molar refractivity (Wildman–Crippen MR) is 90.9 cm³/mol. The molecule has 0 saturated carbocycles. The van der Waals surface area contributed by atoms with Crippen molar-refractivity contribution in [2.24, 2.45) is 5.92 Å². The van der Waals surface area contributed by atoms with Gasteiger partial charge in [0.25, 0.3) is 0 Å². The molecule has 2 amide bonds. The Morgan fingerprint density at radius 2 is 1.85 bits per heavy atom. The van der Waals surface area contributed by atoms with Crippen LogP contribution in [-0.4, -0.2) is 57.0 Å². The van der Waals surface area contributed by atoms with E-state index in [1.807, 2.05) is 13.8 Å². The Morgan fingerprint density at radius 1 is 1.23 bits per heavy atom. The molecule has 1 heterocycles. The molecule has 2 N–H and O–H groups in total. The molecule has 0 aromatic heterocycles. The van der Waals surface area contributed by atoms with Gasteiger partial charge in [0.2, 0.25) is 10.0 Å². The van der Waals surface area contributed by atoms with Gasteiger partial charge in [0.1, 0.15) is 12.0 Å². The van der Waals surface area contributed by atoms with E-state index in [1.165, 1.54) is 0 Å². The summed E-state index contributed by atoms with van der Waals surface area (Å²) in [6.45, 7) is 4.22. The Bertz CT molecular complexity index is 752. The van der Waals surface area contributed by atoms with E-state index in [2.05, 4.69) is 10.6 Å². The number of hydrogen-bond donors (Lipinski definition) is 2. The van der Waals surface area contributed by atoms with Crippen molar-refractivity contribution in [1.29, 1.82) is 0 Å². The lowest BCUT2D eigenvalue weighted by Crippen LogP contribution is -2.47. The summed E-state index contributed by atoms with van der Waals surface area (Å²) in [4.78, 5) is 23.4. The summed E-state index contributed by atoms with van der Waals surface area (Å²) in [5, 5.41) is 4.84. The van der Waals surface area contributed by atoms with Gasteiger partial charge in [-0.05, 0) is 30.2 Å². The van der Waals surface area contributed by atoms with Crippen molar-refractivity contribution in [2.75, 3.05) is 26.2 Å². The first-order chi connectivity index (χ1) is 12.2. The maximum Gasteiger partial charge on any atom is 0.309 e. The number of nitrogens with zero attached hydrogens (tertiary/aromatic N) is 1. The molecular weight excluding hydrogens is 365 g/mol. The number of halogens is 1. The van der Waals surface area contributed by atoms with Crippen LogP contribution in [0.4, 0.5) is 4.39 Å². The van der Waals surface area contributed by atoms with E-state index in [0.29, 0.717) is 6.54 Å². The first kappa shape index (κ1) is 20.3. The topological polar surface area (TPSA) is 105 Å². The van der Waals surface area contributed by atoms with Crippen LogP contribution in [0.1, 0.15) is 13.8 Å². The van der Waals surface area contributed by atoms with Crippen molar-refractivity contribution < 1.29 is 27.1 Å². The lowest BCUT2D eigenvalue weighted by atomic mass is 10.2. The summed E-state index contributed by atoms with van der Waals surface area (Å²) in [5.41, 5.74) is 0. The van der Waals surface area contributed by atoms with Gasteiger partial charge in [0, 0.05) is 13.1 Å². The van der Waals surface area contributed by atoms with Gasteiger partial charge in [-0.15, -0.1) is 0 Å². The normalized spacial score (nSPS) is 18.1. The van der Waals surface area contributed by atoms with Gasteiger partial charge in [-0.3, -0.25) is 9.59 Å². The molecule has 1 atom stereocenters. The largest absolute Gasteiger partial charge is 0.359 e. The van der Waals surface area contributed by atoms with E-state index in [0.717, 1.165) is 28.6 Å². The average molecular weight is 387 g/mol. The fourth-order valence-corrected chi connectivity index (χ4v) is 3.83. The summed E-state index contributed by atoms with van der Waals surface area (Å²) >= 11 is 0. The molecule has 1 aromatic carbocycles. The minimum Gasteiger partial charge on any atom is -0.359 e. The monoisotopic (exact) mass is 387 g/mol. The highest BCUT2D eigenvalue weighted by Crippen LogP contribution is 2.22. The molecule has 0 aliphatic carbocycles. The molecule has 0 radical (unpaired) electrons. The zero-order valence-electron chi connectivity index (χ0n) is 14.6. The number of nitrogens with one attached hydrogen (secondary N) is 2. The zero-order valence-corrected chi connectivity index (χ0v) is 15.4. The quantitative estimate of drug-likeness (QED) is 0.672. The van der Waals surface area contributed by atoms with Crippen molar-refractivity contribution in [1.82, 2.24) is 14.9 Å². The van der Waals surface area contributed by atoms with E-state index < -0.39 is 33.9 Å². The average Bonchev–Trinajstić information content (AvgIpc) is 3.07. The third-order valence-electron chi connectivity index (χ3n) is 3.68. The predicted octanol–water partition coefficient (Wildman–Crippen LogP) is 0.0611. The molecule has 1 saturated heterocycles. The molecule has 2 rings (SSSR count). The third-order valence-corrected chi connectivity index (χ3v) is 5.58. The summed E-state index contributed by atoms with van der Waals surface area (Å²) in [6.07, 6.45) is -0.938. The number of sulfonamides is 1. The van der Waals surface area contributed by atoms with Gasteiger partial charge in [0.15, 0.2) is 0 Å². The summed E-state index contributed by atoms with van der Waals surface area (Å²) in [5.74, 6) is -2.00. The van der Waals surface area contributed by atoms with Crippen LogP contribution >= 0.6 is 0 Å². The molecule has 1 aliphatic rings. The summed E-state index contributed by atoms with van der Waals surface area (Å²) < 4.78 is 44.7. The Balaban J connectivity index is 1.98. The minimum atomic E-state index is -3.90. The van der Waals surface area contributed by atoms with Gasteiger partial charge in [-0.1, -0.05) is 13.8 Å². The van der Waals surface area contributed by atoms with Crippen LogP contribution in [0, 0.1) is 11.7 Å². The Kier molecular flexibility index (Phi) is 6.68. The van der Waals surface area contributed by atoms with Gasteiger partial charge in [-0.2, -0.15) is 4.31 Å². The number of hydrogen-bond acceptors (Lipinski definition) is 5. The molecule has 10 heteroatoms. The second-order valence-corrected chi connectivity index (χ2v) is 8.10. The van der Waals surface area contributed by atoms with Crippen molar-refractivity contribution in [3.8, 4) is 0 Å². The molecule has 26 heavy (non-hydrogen) atoms. The van der Waals surface area contributed by atoms with E-state index in [-0.39, 0.29) is 30.5 Å². The maximum atomic E-state index is 13.0. The molecule has 144 valence electrons. The smallest absolute Gasteiger partial charge is 0.309 e. The second-order valence-electron chi connectivity index (χ2n) is 6.21. The lowest BCUT2D eigenvalue weighted by Gasteiger charge is -2.22. The maximum absolute atomic E-state index is 13.0. The van der Waals surface area contributed by atoms with Crippen molar-refractivity contribution >= 4 is 21.8 Å². The van der Waals surface area contributed by atoms with Crippen molar-refractivity contribution in [2.45, 2.75) is 25.0 Å². The highest BCUT2D eigenvalue weighted by molar-refractivity contribution is 7.89. The minimum absolute atomic E-state index is 0.0737. The molecule has 0 bridgehead atoms. The fraction of sp³-hybridized carbons (Fsp3) is 0.500. The highest BCUT2D eigenvalue weighted by atomic mass is 32.2. The van der Waals surface area contributed by atoms with Crippen LogP contribution in [0.15, 0.2) is 29.2 Å². The van der Waals surface area contributed by atoms with Crippen LogP contribution in [0.3, 0.4) is 0 Å². The third kappa shape index (κ3) is 4.99. The van der Waals surface area contributed by atoms with Gasteiger partial charge in [-0.25, -0.2) is 12.8 Å². The van der Waals surface area contributed by atoms with Gasteiger partial charge < -0.3 is 15.4 Å². The molecule has 1 aliphatic heterocycles. The molecule has 1 aromatic rings. The highest BCUT2D eigenvalue weighted by Gasteiger charge is 2.36. The number of ether oxygens (including phenoxy) is 1. The van der Waals surface area contributed by atoms with E-state index >= 15 is 0 Å². The fourth-order valence-electron chi connectivity index (χ4n) is 2.32. The van der Waals surface area contributed by atoms with Crippen LogP contribution in [-0.2, 0) is 24.3 Å². The molecule has 0 unspecified atom stereocenters. The van der Waals surface area contributed by atoms with E-state index in [1.54, 1.807) is 0 Å². The van der Waals surface area contributed by atoms with E-state index in [4.69, 9.17) is 4.74 Å².